The molecule has 1 aliphatic rings. The van der Waals surface area contributed by atoms with Gasteiger partial charge in [-0.15, -0.1) is 0 Å². The summed E-state index contributed by atoms with van der Waals surface area (Å²) < 4.78 is 4.89. The van der Waals surface area contributed by atoms with Crippen molar-refractivity contribution in [3.05, 3.63) is 36.0 Å². The molecule has 0 atom stereocenters. The first-order valence-corrected chi connectivity index (χ1v) is 5.65. The van der Waals surface area contributed by atoms with Crippen molar-refractivity contribution in [1.29, 1.82) is 0 Å². The lowest BCUT2D eigenvalue weighted by Gasteiger charge is -2.26. The van der Waals surface area contributed by atoms with Crippen LogP contribution in [-0.2, 0) is 0 Å². The second-order valence-corrected chi connectivity index (χ2v) is 4.36. The van der Waals surface area contributed by atoms with Crippen molar-refractivity contribution in [3.63, 3.8) is 0 Å². The van der Waals surface area contributed by atoms with Crippen LogP contribution in [0.3, 0.4) is 0 Å². The fraction of sp³-hybridized carbons (Fsp3) is 0.308. The van der Waals surface area contributed by atoms with Crippen molar-refractivity contribution in [2.24, 2.45) is 0 Å². The summed E-state index contributed by atoms with van der Waals surface area (Å²) in [4.78, 5) is 0. The zero-order valence-corrected chi connectivity index (χ0v) is 9.02. The fourth-order valence-corrected chi connectivity index (χ4v) is 2.17. The van der Waals surface area contributed by atoms with Crippen LogP contribution in [0.25, 0.3) is 11.1 Å². The predicted octanol–water partition coefficient (Wildman–Crippen LogP) is 3.19. The molecule has 2 aromatic rings. The standard InChI is InChI=1S/C13H14N2O/c14-13-12(8-15-16-13)11-6-2-5-10(7-11)9-3-1-4-9/h2,5-9H,1,3-4,14H2. The van der Waals surface area contributed by atoms with E-state index in [1.54, 1.807) is 6.20 Å². The molecule has 0 aliphatic heterocycles. The third kappa shape index (κ3) is 1.48. The predicted molar refractivity (Wildman–Crippen MR) is 62.9 cm³/mol. The van der Waals surface area contributed by atoms with Crippen molar-refractivity contribution < 1.29 is 4.52 Å². The number of rotatable bonds is 2. The van der Waals surface area contributed by atoms with Crippen LogP contribution in [0.15, 0.2) is 35.0 Å². The molecule has 3 rings (SSSR count). The summed E-state index contributed by atoms with van der Waals surface area (Å²) in [6, 6.07) is 8.52. The Bertz CT molecular complexity index is 500. The number of aromatic nitrogens is 1. The highest BCUT2D eigenvalue weighted by molar-refractivity contribution is 5.72. The molecule has 0 saturated heterocycles. The van der Waals surface area contributed by atoms with Gasteiger partial charge in [-0.25, -0.2) is 0 Å². The number of anilines is 1. The van der Waals surface area contributed by atoms with Gasteiger partial charge in [0.2, 0.25) is 5.88 Å². The molecular formula is C13H14N2O. The lowest BCUT2D eigenvalue weighted by atomic mass is 9.79. The minimum Gasteiger partial charge on any atom is -0.367 e. The maximum absolute atomic E-state index is 5.72. The zero-order valence-electron chi connectivity index (χ0n) is 9.02. The number of hydrogen-bond donors (Lipinski definition) is 1. The van der Waals surface area contributed by atoms with Crippen LogP contribution in [0.5, 0.6) is 0 Å². The van der Waals surface area contributed by atoms with E-state index in [0.29, 0.717) is 5.88 Å². The van der Waals surface area contributed by atoms with Crippen molar-refractivity contribution in [3.8, 4) is 11.1 Å². The SMILES string of the molecule is Nc1oncc1-c1cccc(C2CCC2)c1. The molecule has 1 saturated carbocycles. The monoisotopic (exact) mass is 214 g/mol. The van der Waals surface area contributed by atoms with Crippen LogP contribution in [0.2, 0.25) is 0 Å². The lowest BCUT2D eigenvalue weighted by Crippen LogP contribution is -2.08. The molecule has 0 spiro atoms. The summed E-state index contributed by atoms with van der Waals surface area (Å²) in [6.45, 7) is 0. The van der Waals surface area contributed by atoms with E-state index in [2.05, 4.69) is 23.4 Å². The van der Waals surface area contributed by atoms with E-state index in [4.69, 9.17) is 10.3 Å². The Kier molecular flexibility index (Phi) is 2.17. The average molecular weight is 214 g/mol. The van der Waals surface area contributed by atoms with Gasteiger partial charge in [-0.1, -0.05) is 35.8 Å². The molecule has 0 bridgehead atoms. The van der Waals surface area contributed by atoms with Crippen molar-refractivity contribution in [1.82, 2.24) is 5.16 Å². The van der Waals surface area contributed by atoms with Gasteiger partial charge in [0.25, 0.3) is 0 Å². The zero-order chi connectivity index (χ0) is 11.0. The fourth-order valence-electron chi connectivity index (χ4n) is 2.17. The van der Waals surface area contributed by atoms with Crippen LogP contribution in [0.1, 0.15) is 30.7 Å². The number of nitrogens with zero attached hydrogens (tertiary/aromatic N) is 1. The summed E-state index contributed by atoms with van der Waals surface area (Å²) in [7, 11) is 0. The third-order valence-electron chi connectivity index (χ3n) is 3.37. The highest BCUT2D eigenvalue weighted by Gasteiger charge is 2.20. The van der Waals surface area contributed by atoms with Crippen LogP contribution in [0, 0.1) is 0 Å². The van der Waals surface area contributed by atoms with Gasteiger partial charge >= 0.3 is 0 Å². The molecule has 1 heterocycles. The minimum atomic E-state index is 0.394. The molecular weight excluding hydrogens is 200 g/mol. The van der Waals surface area contributed by atoms with Gasteiger partial charge < -0.3 is 10.3 Å². The molecule has 1 aliphatic carbocycles. The maximum atomic E-state index is 5.72. The number of nitrogen functional groups attached to an aromatic ring is 1. The summed E-state index contributed by atoms with van der Waals surface area (Å²) >= 11 is 0. The third-order valence-corrected chi connectivity index (χ3v) is 3.37. The Morgan fingerprint density at radius 1 is 1.31 bits per heavy atom. The molecule has 1 aromatic heterocycles. The van der Waals surface area contributed by atoms with Gasteiger partial charge in [0.1, 0.15) is 0 Å². The van der Waals surface area contributed by atoms with E-state index in [0.717, 1.165) is 17.0 Å². The summed E-state index contributed by atoms with van der Waals surface area (Å²) in [5.41, 5.74) is 9.11. The summed E-state index contributed by atoms with van der Waals surface area (Å²) in [5, 5.41) is 3.71. The van der Waals surface area contributed by atoms with Gasteiger partial charge in [0.05, 0.1) is 11.8 Å². The molecule has 1 aromatic carbocycles. The largest absolute Gasteiger partial charge is 0.367 e. The Hall–Kier alpha value is -1.77. The van der Waals surface area contributed by atoms with Gasteiger partial charge in [-0.2, -0.15) is 0 Å². The van der Waals surface area contributed by atoms with Crippen molar-refractivity contribution in [2.45, 2.75) is 25.2 Å². The van der Waals surface area contributed by atoms with Gasteiger partial charge in [0.15, 0.2) is 0 Å². The average Bonchev–Trinajstić information content (AvgIpc) is 2.62. The van der Waals surface area contributed by atoms with E-state index >= 15 is 0 Å². The second kappa shape index (κ2) is 3.67. The van der Waals surface area contributed by atoms with E-state index < -0.39 is 0 Å². The first-order valence-electron chi connectivity index (χ1n) is 5.65. The van der Waals surface area contributed by atoms with E-state index in [1.165, 1.54) is 24.8 Å². The van der Waals surface area contributed by atoms with Gasteiger partial charge in [0, 0.05) is 0 Å². The van der Waals surface area contributed by atoms with E-state index in [9.17, 15) is 0 Å². The molecule has 82 valence electrons. The first-order chi connectivity index (χ1) is 7.84. The quantitative estimate of drug-likeness (QED) is 0.835. The van der Waals surface area contributed by atoms with E-state index in [-0.39, 0.29) is 0 Å². The molecule has 3 heteroatoms. The Morgan fingerprint density at radius 2 is 2.19 bits per heavy atom. The molecule has 3 nitrogen and oxygen atoms in total. The number of benzene rings is 1. The smallest absolute Gasteiger partial charge is 0.229 e. The number of hydrogen-bond acceptors (Lipinski definition) is 3. The highest BCUT2D eigenvalue weighted by Crippen LogP contribution is 2.38. The second-order valence-electron chi connectivity index (χ2n) is 4.36. The lowest BCUT2D eigenvalue weighted by molar-refractivity contribution is 0.420. The van der Waals surface area contributed by atoms with Crippen LogP contribution in [0.4, 0.5) is 5.88 Å². The van der Waals surface area contributed by atoms with Crippen LogP contribution in [-0.4, -0.2) is 5.16 Å². The topological polar surface area (TPSA) is 52.0 Å². The first kappa shape index (κ1) is 9.46. The highest BCUT2D eigenvalue weighted by atomic mass is 16.5. The summed E-state index contributed by atoms with van der Waals surface area (Å²) in [5.74, 6) is 1.13. The molecule has 2 N–H and O–H groups in total. The number of nitrogens with two attached hydrogens (primary N) is 1. The maximum Gasteiger partial charge on any atom is 0.229 e. The van der Waals surface area contributed by atoms with Gasteiger partial charge in [-0.3, -0.25) is 0 Å². The van der Waals surface area contributed by atoms with Crippen molar-refractivity contribution >= 4 is 5.88 Å². The minimum absolute atomic E-state index is 0.394. The normalized spacial score (nSPS) is 16.0. The van der Waals surface area contributed by atoms with Crippen LogP contribution >= 0.6 is 0 Å². The van der Waals surface area contributed by atoms with E-state index in [1.807, 2.05) is 6.07 Å². The summed E-state index contributed by atoms with van der Waals surface area (Å²) in [6.07, 6.45) is 5.64. The van der Waals surface area contributed by atoms with Gasteiger partial charge in [-0.05, 0) is 29.9 Å². The molecule has 0 unspecified atom stereocenters. The van der Waals surface area contributed by atoms with Crippen molar-refractivity contribution in [2.75, 3.05) is 5.73 Å². The molecule has 0 radical (unpaired) electrons. The Balaban J connectivity index is 1.98. The van der Waals surface area contributed by atoms with Crippen LogP contribution < -0.4 is 5.73 Å². The molecule has 1 fully saturated rings. The molecule has 0 amide bonds. The Labute approximate surface area is 94.2 Å². The Morgan fingerprint density at radius 3 is 2.81 bits per heavy atom. The molecule has 16 heavy (non-hydrogen) atoms.